The minimum atomic E-state index is -0.222. The first kappa shape index (κ1) is 22.5. The third kappa shape index (κ3) is 5.96. The predicted molar refractivity (Wildman–Crippen MR) is 126 cm³/mol. The Labute approximate surface area is 190 Å². The Morgan fingerprint density at radius 1 is 1.16 bits per heavy atom. The van der Waals surface area contributed by atoms with Crippen LogP contribution in [-0.4, -0.2) is 60.3 Å². The summed E-state index contributed by atoms with van der Waals surface area (Å²) >= 11 is 0. The van der Waals surface area contributed by atoms with Crippen LogP contribution in [0, 0.1) is 11.7 Å². The van der Waals surface area contributed by atoms with Gasteiger partial charge in [0.15, 0.2) is 0 Å². The van der Waals surface area contributed by atoms with E-state index in [4.69, 9.17) is 4.74 Å². The molecule has 0 aliphatic carbocycles. The number of rotatable bonds is 9. The molecule has 1 aliphatic heterocycles. The van der Waals surface area contributed by atoms with Crippen LogP contribution in [0.25, 0.3) is 11.3 Å². The van der Waals surface area contributed by atoms with E-state index in [0.29, 0.717) is 5.92 Å². The number of likely N-dealkylation sites (tertiary alicyclic amines) is 1. The number of hydrogen-bond donors (Lipinski definition) is 1. The molecular weight excluding hydrogens is 403 g/mol. The van der Waals surface area contributed by atoms with Crippen molar-refractivity contribution in [3.05, 3.63) is 71.7 Å². The largest absolute Gasteiger partial charge is 0.497 e. The standard InChI is InChI=1S/C26H33FN4O/c1-30(19-23-16-28-29-26(23)22-7-9-24(27)10-8-22)17-21-4-3-14-31(18-21)15-13-20-5-11-25(32-2)12-6-20/h5-12,16,21H,3-4,13-15,17-19H2,1-2H3,(H,28,29)/t21-/m1/s1. The van der Waals surface area contributed by atoms with Gasteiger partial charge in [-0.3, -0.25) is 5.10 Å². The summed E-state index contributed by atoms with van der Waals surface area (Å²) < 4.78 is 18.5. The molecule has 170 valence electrons. The summed E-state index contributed by atoms with van der Waals surface area (Å²) in [4.78, 5) is 4.99. The quantitative estimate of drug-likeness (QED) is 0.532. The van der Waals surface area contributed by atoms with Crippen LogP contribution in [0.15, 0.2) is 54.7 Å². The van der Waals surface area contributed by atoms with Crippen LogP contribution in [0.3, 0.4) is 0 Å². The number of piperidine rings is 1. The second-order valence-electron chi connectivity index (χ2n) is 8.88. The van der Waals surface area contributed by atoms with E-state index in [2.05, 4.69) is 39.2 Å². The number of nitrogens with zero attached hydrogens (tertiary/aromatic N) is 3. The van der Waals surface area contributed by atoms with E-state index >= 15 is 0 Å². The highest BCUT2D eigenvalue weighted by Gasteiger charge is 2.21. The van der Waals surface area contributed by atoms with Gasteiger partial charge in [-0.05, 0) is 80.7 Å². The van der Waals surface area contributed by atoms with Crippen molar-refractivity contribution < 1.29 is 9.13 Å². The molecule has 1 aromatic heterocycles. The maximum Gasteiger partial charge on any atom is 0.123 e. The molecule has 1 N–H and O–H groups in total. The summed E-state index contributed by atoms with van der Waals surface area (Å²) in [6, 6.07) is 15.0. The first-order valence-electron chi connectivity index (χ1n) is 11.4. The molecule has 0 spiro atoms. The van der Waals surface area contributed by atoms with Crippen LogP contribution in [-0.2, 0) is 13.0 Å². The summed E-state index contributed by atoms with van der Waals surface area (Å²) in [6.07, 6.45) is 5.49. The van der Waals surface area contributed by atoms with Crippen molar-refractivity contribution in [2.75, 3.05) is 40.3 Å². The van der Waals surface area contributed by atoms with Crippen LogP contribution < -0.4 is 4.74 Å². The highest BCUT2D eigenvalue weighted by Crippen LogP contribution is 2.24. The van der Waals surface area contributed by atoms with Gasteiger partial charge in [-0.25, -0.2) is 4.39 Å². The van der Waals surface area contributed by atoms with E-state index in [0.717, 1.165) is 55.2 Å². The maximum absolute atomic E-state index is 13.3. The molecule has 5 nitrogen and oxygen atoms in total. The number of halogens is 1. The Kier molecular flexibility index (Phi) is 7.55. The molecule has 32 heavy (non-hydrogen) atoms. The van der Waals surface area contributed by atoms with Gasteiger partial charge >= 0.3 is 0 Å². The molecule has 0 radical (unpaired) electrons. The van der Waals surface area contributed by atoms with Gasteiger partial charge in [0.2, 0.25) is 0 Å². The van der Waals surface area contributed by atoms with Crippen LogP contribution >= 0.6 is 0 Å². The number of benzene rings is 2. The van der Waals surface area contributed by atoms with Crippen molar-refractivity contribution in [1.29, 1.82) is 0 Å². The fraction of sp³-hybridized carbons (Fsp3) is 0.423. The molecule has 3 aromatic rings. The van der Waals surface area contributed by atoms with E-state index in [1.54, 1.807) is 19.2 Å². The normalized spacial score (nSPS) is 17.1. The van der Waals surface area contributed by atoms with Gasteiger partial charge in [0.05, 0.1) is 19.0 Å². The van der Waals surface area contributed by atoms with Crippen molar-refractivity contribution >= 4 is 0 Å². The Morgan fingerprint density at radius 3 is 2.69 bits per heavy atom. The number of ether oxygens (including phenoxy) is 1. The Balaban J connectivity index is 1.27. The molecule has 1 fully saturated rings. The molecule has 0 amide bonds. The minimum Gasteiger partial charge on any atom is -0.497 e. The van der Waals surface area contributed by atoms with Crippen molar-refractivity contribution in [3.8, 4) is 17.0 Å². The van der Waals surface area contributed by atoms with Gasteiger partial charge in [-0.1, -0.05) is 12.1 Å². The summed E-state index contributed by atoms with van der Waals surface area (Å²) in [5.74, 6) is 1.36. The number of aromatic amines is 1. The number of H-pyrrole nitrogens is 1. The molecule has 1 atom stereocenters. The van der Waals surface area contributed by atoms with Gasteiger partial charge < -0.3 is 14.5 Å². The summed E-state index contributed by atoms with van der Waals surface area (Å²) in [5.41, 5.74) is 4.45. The summed E-state index contributed by atoms with van der Waals surface area (Å²) in [5, 5.41) is 7.32. The zero-order chi connectivity index (χ0) is 22.3. The topological polar surface area (TPSA) is 44.4 Å². The van der Waals surface area contributed by atoms with Crippen molar-refractivity contribution in [2.24, 2.45) is 5.92 Å². The number of hydrogen-bond acceptors (Lipinski definition) is 4. The Morgan fingerprint density at radius 2 is 1.94 bits per heavy atom. The van der Waals surface area contributed by atoms with E-state index in [1.807, 2.05) is 18.3 Å². The summed E-state index contributed by atoms with van der Waals surface area (Å²) in [7, 11) is 3.88. The smallest absolute Gasteiger partial charge is 0.123 e. The highest BCUT2D eigenvalue weighted by atomic mass is 19.1. The molecule has 0 bridgehead atoms. The molecule has 0 saturated carbocycles. The minimum absolute atomic E-state index is 0.222. The molecule has 2 aromatic carbocycles. The van der Waals surface area contributed by atoms with Gasteiger partial charge in [0.1, 0.15) is 11.6 Å². The average Bonchev–Trinajstić information content (AvgIpc) is 3.26. The van der Waals surface area contributed by atoms with Crippen LogP contribution in [0.5, 0.6) is 5.75 Å². The molecule has 1 aliphatic rings. The zero-order valence-corrected chi connectivity index (χ0v) is 19.1. The first-order valence-corrected chi connectivity index (χ1v) is 11.4. The van der Waals surface area contributed by atoms with Gasteiger partial charge in [0, 0.05) is 37.3 Å². The van der Waals surface area contributed by atoms with Crippen molar-refractivity contribution in [3.63, 3.8) is 0 Å². The fourth-order valence-electron chi connectivity index (χ4n) is 4.68. The van der Waals surface area contributed by atoms with Crippen LogP contribution in [0.2, 0.25) is 0 Å². The Hall–Kier alpha value is -2.70. The molecule has 2 heterocycles. The number of nitrogens with one attached hydrogen (secondary N) is 1. The molecular formula is C26H33FN4O. The predicted octanol–water partition coefficient (Wildman–Crippen LogP) is 4.61. The summed E-state index contributed by atoms with van der Waals surface area (Å²) in [6.45, 7) is 5.32. The SMILES string of the molecule is COc1ccc(CCN2CCC[C@H](CN(C)Cc3cn[nH]c3-c3ccc(F)cc3)C2)cc1. The highest BCUT2D eigenvalue weighted by molar-refractivity contribution is 5.62. The van der Waals surface area contributed by atoms with E-state index in [9.17, 15) is 4.39 Å². The second kappa shape index (κ2) is 10.7. The lowest BCUT2D eigenvalue weighted by Gasteiger charge is -2.34. The number of methoxy groups -OCH3 is 1. The van der Waals surface area contributed by atoms with Crippen LogP contribution in [0.4, 0.5) is 4.39 Å². The molecule has 4 rings (SSSR count). The molecule has 0 unspecified atom stereocenters. The van der Waals surface area contributed by atoms with E-state index < -0.39 is 0 Å². The third-order valence-corrected chi connectivity index (χ3v) is 6.34. The first-order chi connectivity index (χ1) is 15.6. The monoisotopic (exact) mass is 436 g/mol. The lowest BCUT2D eigenvalue weighted by Crippen LogP contribution is -2.40. The lowest BCUT2D eigenvalue weighted by atomic mass is 9.96. The van der Waals surface area contributed by atoms with Gasteiger partial charge in [-0.2, -0.15) is 5.10 Å². The average molecular weight is 437 g/mol. The van der Waals surface area contributed by atoms with Crippen molar-refractivity contribution in [2.45, 2.75) is 25.8 Å². The zero-order valence-electron chi connectivity index (χ0n) is 19.1. The van der Waals surface area contributed by atoms with Gasteiger partial charge in [0.25, 0.3) is 0 Å². The molecule has 6 heteroatoms. The maximum atomic E-state index is 13.3. The third-order valence-electron chi connectivity index (χ3n) is 6.34. The molecule has 1 saturated heterocycles. The second-order valence-corrected chi connectivity index (χ2v) is 8.88. The number of aromatic nitrogens is 2. The van der Waals surface area contributed by atoms with Crippen molar-refractivity contribution in [1.82, 2.24) is 20.0 Å². The van der Waals surface area contributed by atoms with E-state index in [-0.39, 0.29) is 5.82 Å². The van der Waals surface area contributed by atoms with Crippen LogP contribution in [0.1, 0.15) is 24.0 Å². The lowest BCUT2D eigenvalue weighted by molar-refractivity contribution is 0.142. The Bertz CT molecular complexity index is 970. The van der Waals surface area contributed by atoms with E-state index in [1.165, 1.54) is 37.1 Å². The fourth-order valence-corrected chi connectivity index (χ4v) is 4.68. The van der Waals surface area contributed by atoms with Gasteiger partial charge in [-0.15, -0.1) is 0 Å².